The average Bonchev–Trinajstić information content (AvgIpc) is 2.15. The first kappa shape index (κ1) is 13.1. The summed E-state index contributed by atoms with van der Waals surface area (Å²) in [5, 5.41) is 9.54. The Kier molecular flexibility index (Phi) is 4.90. The van der Waals surface area contributed by atoms with Crippen LogP contribution in [0.3, 0.4) is 0 Å². The van der Waals surface area contributed by atoms with Gasteiger partial charge in [-0.1, -0.05) is 30.1 Å². The van der Waals surface area contributed by atoms with Crippen LogP contribution in [0.4, 0.5) is 0 Å². The van der Waals surface area contributed by atoms with Gasteiger partial charge in [-0.15, -0.1) is 0 Å². The Morgan fingerprint density at radius 3 is 2.75 bits per heavy atom. The molecular formula is C11H12Cl2O3. The average molecular weight is 263 g/mol. The van der Waals surface area contributed by atoms with Crippen LogP contribution in [-0.4, -0.2) is 17.7 Å². The van der Waals surface area contributed by atoms with Gasteiger partial charge in [0.15, 0.2) is 0 Å². The lowest BCUT2D eigenvalue weighted by molar-refractivity contribution is -0.138. The molecule has 0 heterocycles. The Morgan fingerprint density at radius 1 is 1.50 bits per heavy atom. The normalized spacial score (nSPS) is 12.2. The van der Waals surface area contributed by atoms with Crippen molar-refractivity contribution in [3.8, 4) is 5.75 Å². The van der Waals surface area contributed by atoms with Gasteiger partial charge in [0.2, 0.25) is 0 Å². The van der Waals surface area contributed by atoms with E-state index in [-0.39, 0.29) is 12.3 Å². The van der Waals surface area contributed by atoms with Crippen molar-refractivity contribution >= 4 is 29.2 Å². The minimum absolute atomic E-state index is 0.0655. The lowest BCUT2D eigenvalue weighted by Crippen LogP contribution is -2.13. The molecule has 0 spiro atoms. The van der Waals surface area contributed by atoms with Gasteiger partial charge in [0.05, 0.1) is 18.1 Å². The number of benzene rings is 1. The van der Waals surface area contributed by atoms with Crippen molar-refractivity contribution in [2.75, 3.05) is 6.61 Å². The van der Waals surface area contributed by atoms with Crippen LogP contribution in [0.15, 0.2) is 18.2 Å². The molecule has 0 amide bonds. The maximum atomic E-state index is 10.4. The van der Waals surface area contributed by atoms with Crippen LogP contribution >= 0.6 is 23.2 Å². The molecule has 1 unspecified atom stereocenters. The van der Waals surface area contributed by atoms with E-state index in [1.54, 1.807) is 25.1 Å². The molecule has 0 aliphatic carbocycles. The van der Waals surface area contributed by atoms with Crippen molar-refractivity contribution in [1.29, 1.82) is 0 Å². The summed E-state index contributed by atoms with van der Waals surface area (Å²) >= 11 is 11.6. The smallest absolute Gasteiger partial charge is 0.303 e. The standard InChI is InChI=1S/C11H12Cl2O3/c1-7(4-11(14)15)6-16-10-3-2-8(12)5-9(10)13/h2-3,5,7H,4,6H2,1H3,(H,14,15). The molecule has 1 rings (SSSR count). The highest BCUT2D eigenvalue weighted by molar-refractivity contribution is 6.35. The third-order valence-corrected chi connectivity index (χ3v) is 2.47. The Balaban J connectivity index is 2.51. The number of carboxylic acids is 1. The first-order valence-corrected chi connectivity index (χ1v) is 5.54. The second-order valence-electron chi connectivity index (χ2n) is 3.59. The van der Waals surface area contributed by atoms with Gasteiger partial charge in [0, 0.05) is 10.9 Å². The van der Waals surface area contributed by atoms with Crippen LogP contribution in [0.2, 0.25) is 10.0 Å². The molecule has 1 aromatic carbocycles. The number of aliphatic carboxylic acids is 1. The minimum Gasteiger partial charge on any atom is -0.492 e. The van der Waals surface area contributed by atoms with E-state index < -0.39 is 5.97 Å². The molecule has 88 valence electrons. The first-order chi connectivity index (χ1) is 7.49. The van der Waals surface area contributed by atoms with Crippen LogP contribution in [0.5, 0.6) is 5.75 Å². The topological polar surface area (TPSA) is 46.5 Å². The third kappa shape index (κ3) is 4.29. The van der Waals surface area contributed by atoms with Crippen molar-refractivity contribution in [3.05, 3.63) is 28.2 Å². The molecule has 0 fully saturated rings. The summed E-state index contributed by atoms with van der Waals surface area (Å²) in [5.41, 5.74) is 0. The fraction of sp³-hybridized carbons (Fsp3) is 0.364. The second kappa shape index (κ2) is 5.97. The van der Waals surface area contributed by atoms with Crippen molar-refractivity contribution < 1.29 is 14.6 Å². The summed E-state index contributed by atoms with van der Waals surface area (Å²) < 4.78 is 5.40. The Labute approximate surface area is 104 Å². The maximum Gasteiger partial charge on any atom is 0.303 e. The molecule has 0 bridgehead atoms. The molecular weight excluding hydrogens is 251 g/mol. The monoisotopic (exact) mass is 262 g/mol. The van der Waals surface area contributed by atoms with E-state index in [2.05, 4.69) is 0 Å². The van der Waals surface area contributed by atoms with Gasteiger partial charge < -0.3 is 9.84 Å². The lowest BCUT2D eigenvalue weighted by atomic mass is 10.1. The Morgan fingerprint density at radius 2 is 2.19 bits per heavy atom. The fourth-order valence-electron chi connectivity index (χ4n) is 1.18. The quantitative estimate of drug-likeness (QED) is 0.884. The van der Waals surface area contributed by atoms with Crippen LogP contribution in [0.25, 0.3) is 0 Å². The van der Waals surface area contributed by atoms with E-state index in [0.717, 1.165) is 0 Å². The number of hydrogen-bond acceptors (Lipinski definition) is 2. The highest BCUT2D eigenvalue weighted by atomic mass is 35.5. The number of carbonyl (C=O) groups is 1. The summed E-state index contributed by atoms with van der Waals surface area (Å²) in [5.74, 6) is -0.383. The molecule has 0 saturated carbocycles. The van der Waals surface area contributed by atoms with Crippen LogP contribution in [-0.2, 0) is 4.79 Å². The third-order valence-electron chi connectivity index (χ3n) is 1.94. The van der Waals surface area contributed by atoms with Gasteiger partial charge >= 0.3 is 5.97 Å². The number of rotatable bonds is 5. The molecule has 0 aliphatic rings. The van der Waals surface area contributed by atoms with Gasteiger partial charge in [-0.25, -0.2) is 0 Å². The van der Waals surface area contributed by atoms with Crippen molar-refractivity contribution in [3.63, 3.8) is 0 Å². The van der Waals surface area contributed by atoms with Gasteiger partial charge in [-0.05, 0) is 18.2 Å². The van der Waals surface area contributed by atoms with Crippen LogP contribution < -0.4 is 4.74 Å². The fourth-order valence-corrected chi connectivity index (χ4v) is 1.64. The molecule has 5 heteroatoms. The predicted octanol–water partition coefficient (Wildman–Crippen LogP) is 3.48. The van der Waals surface area contributed by atoms with Gasteiger partial charge in [0.25, 0.3) is 0 Å². The first-order valence-electron chi connectivity index (χ1n) is 4.78. The zero-order valence-corrected chi connectivity index (χ0v) is 10.3. The predicted molar refractivity (Wildman–Crippen MR) is 63.4 cm³/mol. The van der Waals surface area contributed by atoms with Gasteiger partial charge in [0.1, 0.15) is 5.75 Å². The second-order valence-corrected chi connectivity index (χ2v) is 4.43. The largest absolute Gasteiger partial charge is 0.492 e. The number of halogens is 2. The molecule has 1 aromatic rings. The number of ether oxygens (including phenoxy) is 1. The zero-order valence-electron chi connectivity index (χ0n) is 8.74. The summed E-state index contributed by atoms with van der Waals surface area (Å²) in [7, 11) is 0. The highest BCUT2D eigenvalue weighted by Crippen LogP contribution is 2.27. The summed E-state index contributed by atoms with van der Waals surface area (Å²) in [6, 6.07) is 4.92. The molecule has 0 aliphatic heterocycles. The van der Waals surface area contributed by atoms with E-state index in [0.29, 0.717) is 22.4 Å². The van der Waals surface area contributed by atoms with Crippen LogP contribution in [0, 0.1) is 5.92 Å². The van der Waals surface area contributed by atoms with E-state index >= 15 is 0 Å². The van der Waals surface area contributed by atoms with E-state index in [4.69, 9.17) is 33.0 Å². The molecule has 3 nitrogen and oxygen atoms in total. The molecule has 1 atom stereocenters. The molecule has 0 saturated heterocycles. The number of hydrogen-bond donors (Lipinski definition) is 1. The van der Waals surface area contributed by atoms with Crippen molar-refractivity contribution in [1.82, 2.24) is 0 Å². The Hall–Kier alpha value is -0.930. The highest BCUT2D eigenvalue weighted by Gasteiger charge is 2.09. The lowest BCUT2D eigenvalue weighted by Gasteiger charge is -2.12. The summed E-state index contributed by atoms with van der Waals surface area (Å²) in [6.07, 6.45) is 0.0746. The van der Waals surface area contributed by atoms with Crippen LogP contribution in [0.1, 0.15) is 13.3 Å². The van der Waals surface area contributed by atoms with E-state index in [1.807, 2.05) is 0 Å². The van der Waals surface area contributed by atoms with E-state index in [9.17, 15) is 4.79 Å². The molecule has 0 aromatic heterocycles. The molecule has 16 heavy (non-hydrogen) atoms. The van der Waals surface area contributed by atoms with Gasteiger partial charge in [-0.3, -0.25) is 4.79 Å². The molecule has 0 radical (unpaired) electrons. The van der Waals surface area contributed by atoms with Crippen molar-refractivity contribution in [2.45, 2.75) is 13.3 Å². The minimum atomic E-state index is -0.835. The summed E-state index contributed by atoms with van der Waals surface area (Å²) in [4.78, 5) is 10.4. The van der Waals surface area contributed by atoms with E-state index in [1.165, 1.54) is 0 Å². The molecule has 1 N–H and O–H groups in total. The maximum absolute atomic E-state index is 10.4. The van der Waals surface area contributed by atoms with Gasteiger partial charge in [-0.2, -0.15) is 0 Å². The Bertz CT molecular complexity index is 379. The number of carboxylic acid groups (broad SMARTS) is 1. The summed E-state index contributed by atoms with van der Waals surface area (Å²) in [6.45, 7) is 2.12. The SMILES string of the molecule is CC(COc1ccc(Cl)cc1Cl)CC(=O)O. The zero-order chi connectivity index (χ0) is 12.1. The van der Waals surface area contributed by atoms with Crippen molar-refractivity contribution in [2.24, 2.45) is 5.92 Å².